The summed E-state index contributed by atoms with van der Waals surface area (Å²) in [4.78, 5) is 19.2. The number of rotatable bonds is 17. The largest absolute Gasteiger partial charge is 0.463 e. The summed E-state index contributed by atoms with van der Waals surface area (Å²) in [5, 5.41) is 0.484. The lowest BCUT2D eigenvalue weighted by Crippen LogP contribution is -2.30. The molecule has 1 aliphatic rings. The van der Waals surface area contributed by atoms with E-state index in [1.54, 1.807) is 6.26 Å². The monoisotopic (exact) mass is 520 g/mol. The second-order valence-electron chi connectivity index (χ2n) is 9.92. The number of thiol groups is 1. The summed E-state index contributed by atoms with van der Waals surface area (Å²) in [6, 6.07) is 3.74. The highest BCUT2D eigenvalue weighted by Crippen LogP contribution is 2.41. The van der Waals surface area contributed by atoms with E-state index in [1.165, 1.54) is 75.5 Å². The fraction of sp³-hybridized carbons (Fsp3) is 0.714. The number of carbonyl (C=O) groups is 1. The molecule has 7 heteroatoms. The standard InChI is InChI=1S/C28H44N2O3S2/c1-2-3-4-5-6-7-8-9-10-11-12-13-15-22(26(31)21-17-19-33-24(34)20-21)27-25(30-28(29)35-27)23-16-14-18-32-23/h14,16,18,21-22,24,34H,2-13,15,17,19-20H2,1H3,(H2,29,30). The maximum atomic E-state index is 13.7. The molecule has 0 amide bonds. The molecule has 1 fully saturated rings. The summed E-state index contributed by atoms with van der Waals surface area (Å²) < 4.78 is 11.2. The minimum absolute atomic E-state index is 0.0265. The highest BCUT2D eigenvalue weighted by Gasteiger charge is 2.34. The van der Waals surface area contributed by atoms with Crippen molar-refractivity contribution in [3.8, 4) is 11.5 Å². The third-order valence-corrected chi connectivity index (χ3v) is 8.45. The lowest BCUT2D eigenvalue weighted by Gasteiger charge is -2.28. The van der Waals surface area contributed by atoms with E-state index >= 15 is 0 Å². The van der Waals surface area contributed by atoms with Crippen LogP contribution < -0.4 is 5.73 Å². The number of furan rings is 1. The van der Waals surface area contributed by atoms with Crippen molar-refractivity contribution in [2.75, 3.05) is 12.3 Å². The van der Waals surface area contributed by atoms with Crippen LogP contribution in [0.25, 0.3) is 11.5 Å². The molecule has 0 bridgehead atoms. The normalized spacial score (nSPS) is 19.1. The van der Waals surface area contributed by atoms with Crippen LogP contribution in [0.15, 0.2) is 22.8 Å². The van der Waals surface area contributed by atoms with Gasteiger partial charge in [-0.1, -0.05) is 84.0 Å². The van der Waals surface area contributed by atoms with Gasteiger partial charge in [-0.25, -0.2) is 4.98 Å². The second kappa shape index (κ2) is 15.7. The number of nitrogens with two attached hydrogens (primary N) is 1. The number of nitrogens with zero attached hydrogens (tertiary/aromatic N) is 1. The van der Waals surface area contributed by atoms with Crippen molar-refractivity contribution < 1.29 is 13.9 Å². The van der Waals surface area contributed by atoms with Crippen LogP contribution in [0.4, 0.5) is 5.13 Å². The second-order valence-corrected chi connectivity index (χ2v) is 11.6. The molecule has 3 rings (SSSR count). The molecule has 1 aliphatic heterocycles. The molecular formula is C28H44N2O3S2. The number of thiazole rings is 1. The van der Waals surface area contributed by atoms with E-state index in [1.807, 2.05) is 12.1 Å². The minimum atomic E-state index is -0.198. The zero-order valence-corrected chi connectivity index (χ0v) is 23.1. The summed E-state index contributed by atoms with van der Waals surface area (Å²) in [6.07, 6.45) is 19.6. The molecule has 1 saturated heterocycles. The van der Waals surface area contributed by atoms with E-state index in [2.05, 4.69) is 24.5 Å². The molecule has 3 atom stereocenters. The van der Waals surface area contributed by atoms with Gasteiger partial charge in [-0.05, 0) is 31.4 Å². The number of ether oxygens (including phenoxy) is 1. The zero-order valence-electron chi connectivity index (χ0n) is 21.4. The maximum absolute atomic E-state index is 13.7. The van der Waals surface area contributed by atoms with E-state index in [0.717, 1.165) is 36.3 Å². The Hall–Kier alpha value is -1.31. The van der Waals surface area contributed by atoms with Crippen LogP contribution in [0.2, 0.25) is 0 Å². The molecule has 3 heterocycles. The fourth-order valence-corrected chi connectivity index (χ4v) is 6.43. The van der Waals surface area contributed by atoms with Gasteiger partial charge in [0.15, 0.2) is 10.9 Å². The molecular weight excluding hydrogens is 476 g/mol. The Balaban J connectivity index is 1.51. The third-order valence-electron chi connectivity index (χ3n) is 7.10. The molecule has 0 radical (unpaired) electrons. The van der Waals surface area contributed by atoms with Crippen molar-refractivity contribution in [2.45, 2.75) is 115 Å². The van der Waals surface area contributed by atoms with Crippen LogP contribution in [0.3, 0.4) is 0 Å². The molecule has 2 aromatic rings. The van der Waals surface area contributed by atoms with Crippen LogP contribution in [-0.4, -0.2) is 22.8 Å². The topological polar surface area (TPSA) is 78.4 Å². The van der Waals surface area contributed by atoms with Gasteiger partial charge in [0.05, 0.1) is 12.2 Å². The van der Waals surface area contributed by atoms with Gasteiger partial charge in [0.1, 0.15) is 16.9 Å². The van der Waals surface area contributed by atoms with Gasteiger partial charge >= 0.3 is 0 Å². The zero-order chi connectivity index (χ0) is 24.9. The average Bonchev–Trinajstić information content (AvgIpc) is 3.51. The first-order valence-corrected chi connectivity index (χ1v) is 15.1. The molecule has 3 unspecified atom stereocenters. The Bertz CT molecular complexity index is 853. The summed E-state index contributed by atoms with van der Waals surface area (Å²) in [6.45, 7) is 2.86. The maximum Gasteiger partial charge on any atom is 0.180 e. The van der Waals surface area contributed by atoms with Crippen molar-refractivity contribution in [1.82, 2.24) is 4.98 Å². The number of hydrogen-bond acceptors (Lipinski definition) is 7. The van der Waals surface area contributed by atoms with Gasteiger partial charge in [0.25, 0.3) is 0 Å². The van der Waals surface area contributed by atoms with Gasteiger partial charge in [0.2, 0.25) is 0 Å². The highest BCUT2D eigenvalue weighted by atomic mass is 32.1. The number of aromatic nitrogens is 1. The van der Waals surface area contributed by atoms with E-state index in [9.17, 15) is 4.79 Å². The van der Waals surface area contributed by atoms with Crippen molar-refractivity contribution in [2.24, 2.45) is 5.92 Å². The average molecular weight is 521 g/mol. The number of ketones is 1. The van der Waals surface area contributed by atoms with Crippen molar-refractivity contribution in [1.29, 1.82) is 0 Å². The molecule has 2 aromatic heterocycles. The van der Waals surface area contributed by atoms with E-state index < -0.39 is 0 Å². The Morgan fingerprint density at radius 3 is 2.37 bits per heavy atom. The first-order chi connectivity index (χ1) is 17.1. The van der Waals surface area contributed by atoms with Gasteiger partial charge in [-0.3, -0.25) is 4.79 Å². The predicted octanol–water partition coefficient (Wildman–Crippen LogP) is 8.41. The molecule has 5 nitrogen and oxygen atoms in total. The Morgan fingerprint density at radius 1 is 1.11 bits per heavy atom. The van der Waals surface area contributed by atoms with Crippen LogP contribution >= 0.6 is 24.0 Å². The SMILES string of the molecule is CCCCCCCCCCCCCCC(C(=O)C1CCOC(S)C1)c1sc(N)nc1-c1ccco1. The van der Waals surface area contributed by atoms with E-state index in [0.29, 0.717) is 23.9 Å². The summed E-state index contributed by atoms with van der Waals surface area (Å²) in [7, 11) is 0. The van der Waals surface area contributed by atoms with Crippen LogP contribution in [0.5, 0.6) is 0 Å². The van der Waals surface area contributed by atoms with Crippen LogP contribution in [-0.2, 0) is 9.53 Å². The molecule has 0 aromatic carbocycles. The number of nitrogen functional groups attached to an aromatic ring is 1. The summed E-state index contributed by atoms with van der Waals surface area (Å²) >= 11 is 5.91. The number of hydrogen-bond donors (Lipinski definition) is 2. The van der Waals surface area contributed by atoms with Crippen molar-refractivity contribution >= 4 is 34.9 Å². The lowest BCUT2D eigenvalue weighted by molar-refractivity contribution is -0.127. The first-order valence-electron chi connectivity index (χ1n) is 13.7. The highest BCUT2D eigenvalue weighted by molar-refractivity contribution is 7.80. The van der Waals surface area contributed by atoms with Gasteiger partial charge < -0.3 is 14.9 Å². The lowest BCUT2D eigenvalue weighted by atomic mass is 9.83. The van der Waals surface area contributed by atoms with E-state index in [-0.39, 0.29) is 23.1 Å². The molecule has 2 N–H and O–H groups in total. The molecule has 35 heavy (non-hydrogen) atoms. The first kappa shape index (κ1) is 28.3. The van der Waals surface area contributed by atoms with E-state index in [4.69, 9.17) is 14.9 Å². The number of anilines is 1. The number of carbonyl (C=O) groups excluding carboxylic acids is 1. The predicted molar refractivity (Wildman–Crippen MR) is 149 cm³/mol. The molecule has 0 aliphatic carbocycles. The Labute approximate surface area is 221 Å². The number of Topliss-reactive ketones (excluding diaryl/α,β-unsaturated/α-hetero) is 1. The smallest absolute Gasteiger partial charge is 0.180 e. The Morgan fingerprint density at radius 2 is 1.77 bits per heavy atom. The van der Waals surface area contributed by atoms with Gasteiger partial charge in [0, 0.05) is 17.4 Å². The Kier molecular flexibility index (Phi) is 12.7. The van der Waals surface area contributed by atoms with Gasteiger partial charge in [-0.2, -0.15) is 0 Å². The van der Waals surface area contributed by atoms with Crippen molar-refractivity contribution in [3.63, 3.8) is 0 Å². The van der Waals surface area contributed by atoms with Crippen LogP contribution in [0, 0.1) is 5.92 Å². The van der Waals surface area contributed by atoms with Crippen LogP contribution in [0.1, 0.15) is 114 Å². The quantitative estimate of drug-likeness (QED) is 0.162. The fourth-order valence-electron chi connectivity index (χ4n) is 5.09. The minimum Gasteiger partial charge on any atom is -0.463 e. The van der Waals surface area contributed by atoms with Crippen molar-refractivity contribution in [3.05, 3.63) is 23.3 Å². The summed E-state index contributed by atoms with van der Waals surface area (Å²) in [5.41, 5.74) is 6.67. The van der Waals surface area contributed by atoms with Gasteiger partial charge in [-0.15, -0.1) is 24.0 Å². The molecule has 196 valence electrons. The molecule has 0 spiro atoms. The summed E-state index contributed by atoms with van der Waals surface area (Å²) in [5.74, 6) is 0.740. The number of unbranched alkanes of at least 4 members (excludes halogenated alkanes) is 11. The third kappa shape index (κ3) is 9.25. The molecule has 0 saturated carbocycles.